The molecule has 0 bridgehead atoms. The summed E-state index contributed by atoms with van der Waals surface area (Å²) in [5.74, 6) is -0.118. The van der Waals surface area contributed by atoms with Gasteiger partial charge in [-0.2, -0.15) is 0 Å². The summed E-state index contributed by atoms with van der Waals surface area (Å²) >= 11 is 0. The lowest BCUT2D eigenvalue weighted by molar-refractivity contribution is -0.890. The minimum absolute atomic E-state index is 0.00871. The number of hydrogen-bond donors (Lipinski definition) is 2. The number of carbonyl (C=O) groups is 3. The molecule has 0 unspecified atom stereocenters. The Bertz CT molecular complexity index is 891. The van der Waals surface area contributed by atoms with Crippen molar-refractivity contribution in [3.05, 3.63) is 65.2 Å². The lowest BCUT2D eigenvalue weighted by Crippen LogP contribution is -3.07. The highest BCUT2D eigenvalue weighted by molar-refractivity contribution is 6.21. The standard InChI is InChI=1S/C22H25N3O4/c1-24(2)18(17-10-6-7-11-19(17)29-3)14-23-20(26)12-13-25-21(27)15-8-4-5-9-16(15)22(25)28/h4-11,18H,12-14H2,1-3H3,(H,23,26)/p+1/t18-/m1/s1. The molecule has 0 radical (unpaired) electrons. The van der Waals surface area contributed by atoms with Crippen molar-refractivity contribution in [3.8, 4) is 5.75 Å². The van der Waals surface area contributed by atoms with Crippen LogP contribution < -0.4 is 15.0 Å². The molecule has 1 atom stereocenters. The van der Waals surface area contributed by atoms with Crippen LogP contribution in [0, 0.1) is 0 Å². The number of nitrogens with one attached hydrogen (secondary N) is 2. The summed E-state index contributed by atoms with van der Waals surface area (Å²) in [7, 11) is 5.66. The molecule has 2 aromatic rings. The molecule has 7 nitrogen and oxygen atoms in total. The zero-order valence-corrected chi connectivity index (χ0v) is 16.9. The van der Waals surface area contributed by atoms with Crippen LogP contribution in [-0.4, -0.2) is 56.9 Å². The van der Waals surface area contributed by atoms with Crippen LogP contribution in [-0.2, 0) is 4.79 Å². The molecule has 1 aliphatic heterocycles. The number of hydrogen-bond acceptors (Lipinski definition) is 4. The van der Waals surface area contributed by atoms with E-state index in [-0.39, 0.29) is 36.7 Å². The van der Waals surface area contributed by atoms with E-state index in [1.165, 1.54) is 0 Å². The first-order valence-electron chi connectivity index (χ1n) is 9.59. The number of ether oxygens (including phenoxy) is 1. The molecule has 1 aliphatic rings. The maximum atomic E-state index is 12.4. The Morgan fingerprint density at radius 3 is 2.21 bits per heavy atom. The van der Waals surface area contributed by atoms with Crippen LogP contribution >= 0.6 is 0 Å². The molecule has 0 saturated carbocycles. The maximum absolute atomic E-state index is 12.4. The van der Waals surface area contributed by atoms with Crippen molar-refractivity contribution in [2.45, 2.75) is 12.5 Å². The summed E-state index contributed by atoms with van der Waals surface area (Å²) in [6.07, 6.45) is 0.0624. The van der Waals surface area contributed by atoms with Crippen molar-refractivity contribution in [1.82, 2.24) is 10.2 Å². The van der Waals surface area contributed by atoms with Crippen molar-refractivity contribution < 1.29 is 24.0 Å². The quantitative estimate of drug-likeness (QED) is 0.644. The van der Waals surface area contributed by atoms with Gasteiger partial charge in [-0.15, -0.1) is 0 Å². The van der Waals surface area contributed by atoms with Crippen molar-refractivity contribution in [1.29, 1.82) is 0 Å². The Hall–Kier alpha value is -3.19. The average Bonchev–Trinajstić information content (AvgIpc) is 2.97. The van der Waals surface area contributed by atoms with Crippen molar-refractivity contribution >= 4 is 17.7 Å². The zero-order chi connectivity index (χ0) is 21.0. The van der Waals surface area contributed by atoms with E-state index in [0.29, 0.717) is 17.7 Å². The van der Waals surface area contributed by atoms with Gasteiger partial charge in [0.25, 0.3) is 11.8 Å². The minimum Gasteiger partial charge on any atom is -0.496 e. The first kappa shape index (κ1) is 20.5. The number of quaternary nitrogens is 1. The van der Waals surface area contributed by atoms with Gasteiger partial charge in [0.05, 0.1) is 44.4 Å². The number of imide groups is 1. The molecular formula is C22H26N3O4+. The normalized spacial score (nSPS) is 14.1. The Labute approximate surface area is 170 Å². The van der Waals surface area contributed by atoms with Crippen LogP contribution in [0.5, 0.6) is 5.75 Å². The summed E-state index contributed by atoms with van der Waals surface area (Å²) in [6.45, 7) is 0.482. The molecule has 0 fully saturated rings. The van der Waals surface area contributed by atoms with Crippen LogP contribution in [0.4, 0.5) is 0 Å². The third-order valence-corrected chi connectivity index (χ3v) is 5.16. The van der Waals surface area contributed by atoms with Gasteiger partial charge in [-0.3, -0.25) is 19.3 Å². The zero-order valence-electron chi connectivity index (χ0n) is 16.9. The maximum Gasteiger partial charge on any atom is 0.261 e. The van der Waals surface area contributed by atoms with Gasteiger partial charge in [0.1, 0.15) is 11.8 Å². The third-order valence-electron chi connectivity index (χ3n) is 5.16. The summed E-state index contributed by atoms with van der Waals surface area (Å²) in [4.78, 5) is 39.5. The third kappa shape index (κ3) is 4.30. The number of fused-ring (bicyclic) bond motifs is 1. The van der Waals surface area contributed by atoms with Gasteiger partial charge >= 0.3 is 0 Å². The van der Waals surface area contributed by atoms with Crippen molar-refractivity contribution in [2.24, 2.45) is 0 Å². The minimum atomic E-state index is -0.344. The predicted molar refractivity (Wildman–Crippen MR) is 108 cm³/mol. The Morgan fingerprint density at radius 1 is 1.03 bits per heavy atom. The van der Waals surface area contributed by atoms with Gasteiger partial charge in [-0.1, -0.05) is 24.3 Å². The molecule has 152 valence electrons. The van der Waals surface area contributed by atoms with Crippen molar-refractivity contribution in [3.63, 3.8) is 0 Å². The molecule has 0 spiro atoms. The second kappa shape index (κ2) is 8.87. The summed E-state index contributed by atoms with van der Waals surface area (Å²) in [5, 5.41) is 2.92. The first-order valence-corrected chi connectivity index (χ1v) is 9.59. The lowest BCUT2D eigenvalue weighted by atomic mass is 10.0. The van der Waals surface area contributed by atoms with E-state index in [1.54, 1.807) is 31.4 Å². The molecule has 7 heteroatoms. The van der Waals surface area contributed by atoms with Gasteiger partial charge in [0.2, 0.25) is 5.91 Å². The first-order chi connectivity index (χ1) is 13.9. The van der Waals surface area contributed by atoms with Crippen LogP contribution in [0.1, 0.15) is 38.7 Å². The number of rotatable bonds is 8. The second-order valence-electron chi connectivity index (χ2n) is 7.23. The van der Waals surface area contributed by atoms with E-state index in [2.05, 4.69) is 5.32 Å². The topological polar surface area (TPSA) is 80.2 Å². The second-order valence-corrected chi connectivity index (χ2v) is 7.23. The lowest BCUT2D eigenvalue weighted by Gasteiger charge is -2.24. The SMILES string of the molecule is COc1ccccc1[C@@H](CNC(=O)CCN1C(=O)c2ccccc2C1=O)[NH+](C)C. The smallest absolute Gasteiger partial charge is 0.261 e. The number of carbonyl (C=O) groups excluding carboxylic acids is 3. The largest absolute Gasteiger partial charge is 0.496 e. The molecule has 2 aromatic carbocycles. The van der Waals surface area contributed by atoms with Crippen molar-refractivity contribution in [2.75, 3.05) is 34.3 Å². The highest BCUT2D eigenvalue weighted by Gasteiger charge is 2.35. The monoisotopic (exact) mass is 396 g/mol. The molecule has 29 heavy (non-hydrogen) atoms. The molecule has 0 aromatic heterocycles. The fourth-order valence-corrected chi connectivity index (χ4v) is 3.54. The fraction of sp³-hybridized carbons (Fsp3) is 0.318. The molecule has 3 rings (SSSR count). The molecule has 2 N–H and O–H groups in total. The van der Waals surface area contributed by atoms with E-state index in [4.69, 9.17) is 4.74 Å². The van der Waals surface area contributed by atoms with Gasteiger partial charge in [-0.05, 0) is 24.3 Å². The van der Waals surface area contributed by atoms with Crippen LogP contribution in [0.25, 0.3) is 0 Å². The summed E-state index contributed by atoms with van der Waals surface area (Å²) in [5.41, 5.74) is 1.80. The summed E-state index contributed by atoms with van der Waals surface area (Å²) < 4.78 is 5.44. The van der Waals surface area contributed by atoms with E-state index < -0.39 is 0 Å². The van der Waals surface area contributed by atoms with Gasteiger partial charge in [0, 0.05) is 13.0 Å². The Balaban J connectivity index is 1.58. The Morgan fingerprint density at radius 2 is 1.62 bits per heavy atom. The number of para-hydroxylation sites is 1. The number of methoxy groups -OCH3 is 1. The van der Waals surface area contributed by atoms with Crippen LogP contribution in [0.15, 0.2) is 48.5 Å². The predicted octanol–water partition coefficient (Wildman–Crippen LogP) is 0.683. The van der Waals surface area contributed by atoms with Gasteiger partial charge < -0.3 is 15.0 Å². The van der Waals surface area contributed by atoms with E-state index in [9.17, 15) is 14.4 Å². The fourth-order valence-electron chi connectivity index (χ4n) is 3.54. The molecule has 0 aliphatic carbocycles. The van der Waals surface area contributed by atoms with Gasteiger partial charge in [0.15, 0.2) is 0 Å². The van der Waals surface area contributed by atoms with Gasteiger partial charge in [-0.25, -0.2) is 0 Å². The van der Waals surface area contributed by atoms with Crippen LogP contribution in [0.2, 0.25) is 0 Å². The van der Waals surface area contributed by atoms with E-state index >= 15 is 0 Å². The number of benzene rings is 2. The number of likely N-dealkylation sites (N-methyl/N-ethyl adjacent to an activating group) is 1. The number of nitrogens with zero attached hydrogens (tertiary/aromatic N) is 1. The molecule has 0 saturated heterocycles. The molecular weight excluding hydrogens is 370 g/mol. The number of amides is 3. The van der Waals surface area contributed by atoms with E-state index in [0.717, 1.165) is 21.1 Å². The van der Waals surface area contributed by atoms with E-state index in [1.807, 2.05) is 38.4 Å². The Kier molecular flexibility index (Phi) is 6.29. The van der Waals surface area contributed by atoms with Crippen LogP contribution in [0.3, 0.4) is 0 Å². The summed E-state index contributed by atoms with van der Waals surface area (Å²) in [6, 6.07) is 14.5. The molecule has 1 heterocycles. The average molecular weight is 396 g/mol. The highest BCUT2D eigenvalue weighted by Crippen LogP contribution is 2.23. The molecule has 3 amide bonds. The highest BCUT2D eigenvalue weighted by atomic mass is 16.5.